The Labute approximate surface area is 137 Å². The van der Waals surface area contributed by atoms with Gasteiger partial charge in [-0.25, -0.2) is 13.1 Å². The van der Waals surface area contributed by atoms with Crippen molar-refractivity contribution >= 4 is 15.9 Å². The quantitative estimate of drug-likeness (QED) is 0.847. The first kappa shape index (κ1) is 17.9. The number of aliphatic hydroxyl groups is 1. The summed E-state index contributed by atoms with van der Waals surface area (Å²) in [6, 6.07) is 5.94. The van der Waals surface area contributed by atoms with E-state index in [1.165, 1.54) is 19.1 Å². The normalized spacial score (nSPS) is 17.6. The highest BCUT2D eigenvalue weighted by atomic mass is 32.2. The van der Waals surface area contributed by atoms with Crippen LogP contribution in [0.3, 0.4) is 0 Å². The molecule has 0 saturated carbocycles. The van der Waals surface area contributed by atoms with Crippen LogP contribution in [0.15, 0.2) is 29.2 Å². The smallest absolute Gasteiger partial charge is 0.253 e. The molecule has 128 valence electrons. The van der Waals surface area contributed by atoms with E-state index < -0.39 is 16.1 Å². The number of sulfonamides is 1. The van der Waals surface area contributed by atoms with E-state index in [-0.39, 0.29) is 17.3 Å². The van der Waals surface area contributed by atoms with Crippen molar-refractivity contribution in [3.05, 3.63) is 29.8 Å². The van der Waals surface area contributed by atoms with Gasteiger partial charge in [-0.3, -0.25) is 4.79 Å². The van der Waals surface area contributed by atoms with Crippen molar-refractivity contribution in [3.63, 3.8) is 0 Å². The number of hydrogen-bond donors (Lipinski definition) is 2. The molecule has 1 aromatic carbocycles. The van der Waals surface area contributed by atoms with Crippen molar-refractivity contribution in [3.8, 4) is 0 Å². The molecule has 0 aliphatic carbocycles. The molecule has 1 amide bonds. The van der Waals surface area contributed by atoms with Gasteiger partial charge in [0.2, 0.25) is 10.0 Å². The Kier molecular flexibility index (Phi) is 6.15. The predicted molar refractivity (Wildman–Crippen MR) is 87.7 cm³/mol. The van der Waals surface area contributed by atoms with Crippen LogP contribution in [-0.4, -0.2) is 50.1 Å². The third kappa shape index (κ3) is 5.02. The van der Waals surface area contributed by atoms with Crippen molar-refractivity contribution < 1.29 is 18.3 Å². The van der Waals surface area contributed by atoms with Gasteiger partial charge in [0.1, 0.15) is 0 Å². The summed E-state index contributed by atoms with van der Waals surface area (Å²) in [5, 5.41) is 9.17. The number of rotatable bonds is 5. The molecule has 1 unspecified atom stereocenters. The standard InChI is InChI=1S/C16H24N2O4S/c1-13(19)12-17-23(21,22)15-8-6-14(7-9-15)16(20)18-10-4-2-3-5-11-18/h6-9,13,17,19H,2-5,10-12H2,1H3. The van der Waals surface area contributed by atoms with E-state index in [1.54, 1.807) is 12.1 Å². The highest BCUT2D eigenvalue weighted by Gasteiger charge is 2.19. The van der Waals surface area contributed by atoms with Crippen LogP contribution >= 0.6 is 0 Å². The fourth-order valence-corrected chi connectivity index (χ4v) is 3.67. The molecule has 1 saturated heterocycles. The zero-order chi connectivity index (χ0) is 16.9. The minimum absolute atomic E-state index is 0.0448. The number of aliphatic hydroxyl groups excluding tert-OH is 1. The maximum atomic E-state index is 12.5. The molecule has 0 radical (unpaired) electrons. The number of amides is 1. The molecule has 7 heteroatoms. The van der Waals surface area contributed by atoms with E-state index >= 15 is 0 Å². The molecule has 2 N–H and O–H groups in total. The van der Waals surface area contributed by atoms with Crippen LogP contribution in [0.4, 0.5) is 0 Å². The Morgan fingerprint density at radius 1 is 1.17 bits per heavy atom. The van der Waals surface area contributed by atoms with Crippen LogP contribution in [0.5, 0.6) is 0 Å². The van der Waals surface area contributed by atoms with Crippen molar-refractivity contribution in [2.45, 2.75) is 43.6 Å². The molecule has 1 aromatic rings. The molecule has 1 heterocycles. The molecule has 2 rings (SSSR count). The first-order chi connectivity index (χ1) is 10.9. The minimum atomic E-state index is -3.66. The van der Waals surface area contributed by atoms with Gasteiger partial charge in [0.15, 0.2) is 0 Å². The lowest BCUT2D eigenvalue weighted by atomic mass is 10.2. The SMILES string of the molecule is CC(O)CNS(=O)(=O)c1ccc(C(=O)N2CCCCCC2)cc1. The van der Waals surface area contributed by atoms with Crippen LogP contribution in [-0.2, 0) is 10.0 Å². The van der Waals surface area contributed by atoms with Gasteiger partial charge in [-0.1, -0.05) is 12.8 Å². The fraction of sp³-hybridized carbons (Fsp3) is 0.562. The van der Waals surface area contributed by atoms with Crippen LogP contribution in [0.2, 0.25) is 0 Å². The molecule has 0 bridgehead atoms. The van der Waals surface area contributed by atoms with E-state index in [4.69, 9.17) is 5.11 Å². The number of nitrogens with one attached hydrogen (secondary N) is 1. The van der Waals surface area contributed by atoms with Gasteiger partial charge in [0.05, 0.1) is 11.0 Å². The molecular weight excluding hydrogens is 316 g/mol. The Bertz CT molecular complexity index is 618. The lowest BCUT2D eigenvalue weighted by molar-refractivity contribution is 0.0761. The second-order valence-electron chi connectivity index (χ2n) is 5.93. The summed E-state index contributed by atoms with van der Waals surface area (Å²) >= 11 is 0. The number of carbonyl (C=O) groups is 1. The van der Waals surface area contributed by atoms with Crippen molar-refractivity contribution in [1.82, 2.24) is 9.62 Å². The fourth-order valence-electron chi connectivity index (χ4n) is 2.55. The molecule has 23 heavy (non-hydrogen) atoms. The van der Waals surface area contributed by atoms with Gasteiger partial charge in [-0.05, 0) is 44.0 Å². The van der Waals surface area contributed by atoms with Crippen LogP contribution in [0.25, 0.3) is 0 Å². The first-order valence-corrected chi connectivity index (χ1v) is 9.45. The lowest BCUT2D eigenvalue weighted by Gasteiger charge is -2.20. The molecule has 1 aliphatic heterocycles. The van der Waals surface area contributed by atoms with Gasteiger partial charge in [-0.2, -0.15) is 0 Å². The largest absolute Gasteiger partial charge is 0.392 e. The van der Waals surface area contributed by atoms with Crippen molar-refractivity contribution in [2.24, 2.45) is 0 Å². The molecule has 1 atom stereocenters. The number of hydrogen-bond acceptors (Lipinski definition) is 4. The number of benzene rings is 1. The van der Waals surface area contributed by atoms with E-state index in [0.29, 0.717) is 5.56 Å². The van der Waals surface area contributed by atoms with Gasteiger partial charge in [0, 0.05) is 25.2 Å². The first-order valence-electron chi connectivity index (χ1n) is 7.97. The highest BCUT2D eigenvalue weighted by Crippen LogP contribution is 2.15. The van der Waals surface area contributed by atoms with Gasteiger partial charge in [0.25, 0.3) is 5.91 Å². The van der Waals surface area contributed by atoms with Gasteiger partial charge < -0.3 is 10.0 Å². The zero-order valence-electron chi connectivity index (χ0n) is 13.4. The molecular formula is C16H24N2O4S. The predicted octanol–water partition coefficient (Wildman–Crippen LogP) is 1.36. The van der Waals surface area contributed by atoms with E-state index in [9.17, 15) is 13.2 Å². The second-order valence-corrected chi connectivity index (χ2v) is 7.70. The number of likely N-dealkylation sites (tertiary alicyclic amines) is 1. The van der Waals surface area contributed by atoms with Crippen molar-refractivity contribution in [1.29, 1.82) is 0 Å². The summed E-state index contributed by atoms with van der Waals surface area (Å²) in [7, 11) is -3.66. The molecule has 0 spiro atoms. The topological polar surface area (TPSA) is 86.7 Å². The number of nitrogens with zero attached hydrogens (tertiary/aromatic N) is 1. The summed E-state index contributed by atoms with van der Waals surface area (Å²) in [5.74, 6) is -0.0483. The maximum absolute atomic E-state index is 12.5. The summed E-state index contributed by atoms with van der Waals surface area (Å²) in [4.78, 5) is 14.4. The monoisotopic (exact) mass is 340 g/mol. The van der Waals surface area contributed by atoms with E-state index in [1.807, 2.05) is 4.90 Å². The molecule has 0 aromatic heterocycles. The summed E-state index contributed by atoms with van der Waals surface area (Å²) < 4.78 is 26.4. The Morgan fingerprint density at radius 2 is 1.74 bits per heavy atom. The zero-order valence-corrected chi connectivity index (χ0v) is 14.2. The lowest BCUT2D eigenvalue weighted by Crippen LogP contribution is -2.32. The molecule has 6 nitrogen and oxygen atoms in total. The summed E-state index contributed by atoms with van der Waals surface area (Å²) in [6.07, 6.45) is 3.57. The third-order valence-electron chi connectivity index (χ3n) is 3.87. The maximum Gasteiger partial charge on any atom is 0.253 e. The highest BCUT2D eigenvalue weighted by molar-refractivity contribution is 7.89. The van der Waals surface area contributed by atoms with E-state index in [2.05, 4.69) is 4.72 Å². The molecule has 1 aliphatic rings. The van der Waals surface area contributed by atoms with Crippen LogP contribution < -0.4 is 4.72 Å². The Balaban J connectivity index is 2.07. The van der Waals surface area contributed by atoms with Gasteiger partial charge in [-0.15, -0.1) is 0 Å². The van der Waals surface area contributed by atoms with Crippen LogP contribution in [0, 0.1) is 0 Å². The molecule has 1 fully saturated rings. The Morgan fingerprint density at radius 3 is 2.26 bits per heavy atom. The second kappa shape index (κ2) is 7.90. The Hall–Kier alpha value is -1.44. The summed E-state index contributed by atoms with van der Waals surface area (Å²) in [5.41, 5.74) is 0.501. The number of carbonyl (C=O) groups excluding carboxylic acids is 1. The van der Waals surface area contributed by atoms with Crippen LogP contribution in [0.1, 0.15) is 43.0 Å². The van der Waals surface area contributed by atoms with Gasteiger partial charge >= 0.3 is 0 Å². The van der Waals surface area contributed by atoms with E-state index in [0.717, 1.165) is 38.8 Å². The summed E-state index contributed by atoms with van der Waals surface area (Å²) in [6.45, 7) is 2.98. The van der Waals surface area contributed by atoms with Crippen molar-refractivity contribution in [2.75, 3.05) is 19.6 Å². The average molecular weight is 340 g/mol. The minimum Gasteiger partial charge on any atom is -0.392 e. The third-order valence-corrected chi connectivity index (χ3v) is 5.31. The average Bonchev–Trinajstić information content (AvgIpc) is 2.82.